The van der Waals surface area contributed by atoms with Gasteiger partial charge in [0.05, 0.1) is 18.8 Å². The van der Waals surface area contributed by atoms with Crippen molar-refractivity contribution in [1.82, 2.24) is 5.32 Å². The van der Waals surface area contributed by atoms with Crippen LogP contribution in [0.15, 0.2) is 24.3 Å². The Bertz CT molecular complexity index is 391. The van der Waals surface area contributed by atoms with Gasteiger partial charge in [-0.1, -0.05) is 63.8 Å². The van der Waals surface area contributed by atoms with Crippen LogP contribution in [0.3, 0.4) is 0 Å². The van der Waals surface area contributed by atoms with E-state index in [9.17, 15) is 0 Å². The van der Waals surface area contributed by atoms with Crippen molar-refractivity contribution in [3.05, 3.63) is 35.4 Å². The summed E-state index contributed by atoms with van der Waals surface area (Å²) in [4.78, 5) is 0. The van der Waals surface area contributed by atoms with Crippen LogP contribution in [-0.2, 0) is 4.74 Å². The van der Waals surface area contributed by atoms with Crippen molar-refractivity contribution in [2.45, 2.75) is 70.4 Å². The summed E-state index contributed by atoms with van der Waals surface area (Å²) in [5, 5.41) is 3.40. The van der Waals surface area contributed by atoms with E-state index in [1.807, 2.05) is 7.05 Å². The molecule has 0 radical (unpaired) electrons. The van der Waals surface area contributed by atoms with Gasteiger partial charge in [-0.15, -0.1) is 0 Å². The second-order valence-electron chi connectivity index (χ2n) is 6.61. The van der Waals surface area contributed by atoms with Crippen molar-refractivity contribution < 1.29 is 4.74 Å². The van der Waals surface area contributed by atoms with Crippen LogP contribution in [0.4, 0.5) is 0 Å². The number of rotatable bonds is 6. The Morgan fingerprint density at radius 1 is 1.00 bits per heavy atom. The predicted octanol–water partition coefficient (Wildman–Crippen LogP) is 4.81. The molecule has 1 unspecified atom stereocenters. The zero-order valence-electron chi connectivity index (χ0n) is 13.9. The molecule has 0 heterocycles. The van der Waals surface area contributed by atoms with Gasteiger partial charge in [-0.05, 0) is 36.9 Å². The van der Waals surface area contributed by atoms with Gasteiger partial charge in [0.1, 0.15) is 0 Å². The number of benzene rings is 1. The standard InChI is InChI=1S/C19H31NO/c1-15(2)16-10-12-17(13-11-16)19(20-3)14-21-18-8-6-4-5-7-9-18/h10-13,15,18-20H,4-9,14H2,1-3H3. The monoisotopic (exact) mass is 289 g/mol. The van der Waals surface area contributed by atoms with Crippen molar-refractivity contribution in [3.63, 3.8) is 0 Å². The fourth-order valence-electron chi connectivity index (χ4n) is 3.10. The van der Waals surface area contributed by atoms with Gasteiger partial charge in [-0.2, -0.15) is 0 Å². The Balaban J connectivity index is 1.89. The lowest BCUT2D eigenvalue weighted by atomic mass is 9.99. The first-order valence-corrected chi connectivity index (χ1v) is 8.59. The molecule has 1 atom stereocenters. The molecule has 1 saturated carbocycles. The Hall–Kier alpha value is -0.860. The van der Waals surface area contributed by atoms with Crippen molar-refractivity contribution in [3.8, 4) is 0 Å². The second-order valence-corrected chi connectivity index (χ2v) is 6.61. The Morgan fingerprint density at radius 3 is 2.10 bits per heavy atom. The molecule has 0 amide bonds. The molecule has 2 heteroatoms. The average molecular weight is 289 g/mol. The Labute approximate surface area is 130 Å². The first kappa shape index (κ1) is 16.5. The number of hydrogen-bond donors (Lipinski definition) is 1. The molecule has 1 aromatic carbocycles. The van der Waals surface area contributed by atoms with E-state index in [2.05, 4.69) is 43.4 Å². The van der Waals surface area contributed by atoms with Crippen molar-refractivity contribution >= 4 is 0 Å². The summed E-state index contributed by atoms with van der Waals surface area (Å²) in [6, 6.07) is 9.28. The fraction of sp³-hybridized carbons (Fsp3) is 0.684. The van der Waals surface area contributed by atoms with Crippen molar-refractivity contribution in [2.24, 2.45) is 0 Å². The van der Waals surface area contributed by atoms with Gasteiger partial charge < -0.3 is 10.1 Å². The lowest BCUT2D eigenvalue weighted by Crippen LogP contribution is -2.25. The first-order chi connectivity index (χ1) is 10.2. The Kier molecular flexibility index (Phi) is 6.72. The van der Waals surface area contributed by atoms with Gasteiger partial charge in [-0.3, -0.25) is 0 Å². The fourth-order valence-corrected chi connectivity index (χ4v) is 3.10. The molecule has 0 aliphatic heterocycles. The number of hydrogen-bond acceptors (Lipinski definition) is 2. The first-order valence-electron chi connectivity index (χ1n) is 8.59. The smallest absolute Gasteiger partial charge is 0.0665 e. The molecule has 1 fully saturated rings. The van der Waals surface area contributed by atoms with E-state index in [1.165, 1.54) is 49.7 Å². The third kappa shape index (κ3) is 5.12. The number of nitrogens with one attached hydrogen (secondary N) is 1. The molecule has 2 nitrogen and oxygen atoms in total. The lowest BCUT2D eigenvalue weighted by molar-refractivity contribution is 0.0300. The number of likely N-dealkylation sites (N-methyl/N-ethyl adjacent to an activating group) is 1. The summed E-state index contributed by atoms with van der Waals surface area (Å²) in [5.41, 5.74) is 2.73. The van der Waals surface area contributed by atoms with E-state index in [0.717, 1.165) is 6.61 Å². The molecule has 0 aromatic heterocycles. The van der Waals surface area contributed by atoms with Crippen LogP contribution in [0, 0.1) is 0 Å². The molecule has 1 aliphatic carbocycles. The van der Waals surface area contributed by atoms with Crippen LogP contribution >= 0.6 is 0 Å². The van der Waals surface area contributed by atoms with Gasteiger partial charge in [-0.25, -0.2) is 0 Å². The zero-order valence-corrected chi connectivity index (χ0v) is 13.9. The number of ether oxygens (including phenoxy) is 1. The second kappa shape index (κ2) is 8.55. The predicted molar refractivity (Wildman–Crippen MR) is 89.8 cm³/mol. The molecule has 118 valence electrons. The quantitative estimate of drug-likeness (QED) is 0.759. The third-order valence-corrected chi connectivity index (χ3v) is 4.65. The van der Waals surface area contributed by atoms with Crippen LogP contribution in [0.25, 0.3) is 0 Å². The highest BCUT2D eigenvalue weighted by Crippen LogP contribution is 2.23. The van der Waals surface area contributed by atoms with Gasteiger partial charge in [0.25, 0.3) is 0 Å². The van der Waals surface area contributed by atoms with Crippen LogP contribution in [0.1, 0.15) is 75.5 Å². The third-order valence-electron chi connectivity index (χ3n) is 4.65. The highest BCUT2D eigenvalue weighted by atomic mass is 16.5. The SMILES string of the molecule is CNC(COC1CCCCCC1)c1ccc(C(C)C)cc1. The van der Waals surface area contributed by atoms with Gasteiger partial charge in [0, 0.05) is 0 Å². The minimum Gasteiger partial charge on any atom is -0.376 e. The van der Waals surface area contributed by atoms with Gasteiger partial charge in [0.15, 0.2) is 0 Å². The van der Waals surface area contributed by atoms with E-state index in [0.29, 0.717) is 18.1 Å². The van der Waals surface area contributed by atoms with Crippen LogP contribution in [0.5, 0.6) is 0 Å². The summed E-state index contributed by atoms with van der Waals surface area (Å²) >= 11 is 0. The van der Waals surface area contributed by atoms with E-state index >= 15 is 0 Å². The largest absolute Gasteiger partial charge is 0.376 e. The molecule has 0 bridgehead atoms. The Morgan fingerprint density at radius 2 is 1.57 bits per heavy atom. The van der Waals surface area contributed by atoms with E-state index < -0.39 is 0 Å². The molecule has 1 aliphatic rings. The topological polar surface area (TPSA) is 21.3 Å². The average Bonchev–Trinajstić information content (AvgIpc) is 2.77. The molecular formula is C19H31NO. The van der Waals surface area contributed by atoms with Crippen LogP contribution in [-0.4, -0.2) is 19.8 Å². The molecule has 1 aromatic rings. The van der Waals surface area contributed by atoms with E-state index in [-0.39, 0.29) is 0 Å². The maximum atomic E-state index is 6.19. The summed E-state index contributed by atoms with van der Waals surface area (Å²) in [5.74, 6) is 0.592. The van der Waals surface area contributed by atoms with Crippen LogP contribution < -0.4 is 5.32 Å². The molecular weight excluding hydrogens is 258 g/mol. The maximum Gasteiger partial charge on any atom is 0.0665 e. The van der Waals surface area contributed by atoms with Gasteiger partial charge >= 0.3 is 0 Å². The highest BCUT2D eigenvalue weighted by Gasteiger charge is 2.16. The molecule has 0 spiro atoms. The van der Waals surface area contributed by atoms with E-state index in [1.54, 1.807) is 0 Å². The van der Waals surface area contributed by atoms with Crippen LogP contribution in [0.2, 0.25) is 0 Å². The highest BCUT2D eigenvalue weighted by molar-refractivity contribution is 5.26. The summed E-state index contributed by atoms with van der Waals surface area (Å²) in [7, 11) is 2.03. The minimum atomic E-state index is 0.300. The normalized spacial score (nSPS) is 18.7. The lowest BCUT2D eigenvalue weighted by Gasteiger charge is -2.22. The molecule has 2 rings (SSSR count). The maximum absolute atomic E-state index is 6.19. The van der Waals surface area contributed by atoms with Crippen molar-refractivity contribution in [2.75, 3.05) is 13.7 Å². The summed E-state index contributed by atoms with van der Waals surface area (Å²) in [6.45, 7) is 5.25. The zero-order chi connectivity index (χ0) is 15.1. The summed E-state index contributed by atoms with van der Waals surface area (Å²) in [6.07, 6.45) is 8.37. The minimum absolute atomic E-state index is 0.300. The van der Waals surface area contributed by atoms with Crippen molar-refractivity contribution in [1.29, 1.82) is 0 Å². The van der Waals surface area contributed by atoms with E-state index in [4.69, 9.17) is 4.74 Å². The molecule has 0 saturated heterocycles. The summed E-state index contributed by atoms with van der Waals surface area (Å²) < 4.78 is 6.19. The molecule has 21 heavy (non-hydrogen) atoms. The molecule has 1 N–H and O–H groups in total. The van der Waals surface area contributed by atoms with Gasteiger partial charge in [0.2, 0.25) is 0 Å².